The maximum atomic E-state index is 8.97. The minimum Gasteiger partial charge on any atom is -0.494 e. The van der Waals surface area contributed by atoms with Gasteiger partial charge in [0.2, 0.25) is 0 Å². The van der Waals surface area contributed by atoms with Crippen molar-refractivity contribution < 1.29 is 4.74 Å². The monoisotopic (exact) mass is 375 g/mol. The number of ether oxygens (including phenoxy) is 1. The molecular weight excluding hydrogens is 358 g/mol. The molecule has 0 bridgehead atoms. The quantitative estimate of drug-likeness (QED) is 0.504. The van der Waals surface area contributed by atoms with Crippen LogP contribution < -0.4 is 4.74 Å². The molecule has 1 N–H and O–H groups in total. The van der Waals surface area contributed by atoms with Crippen LogP contribution >= 0.6 is 11.8 Å². The molecule has 0 saturated heterocycles. The molecule has 2 aromatic heterocycles. The molecule has 0 radical (unpaired) electrons. The molecule has 6 nitrogen and oxygen atoms in total. The number of hydrogen-bond donors (Lipinski definition) is 1. The summed E-state index contributed by atoms with van der Waals surface area (Å²) in [5.74, 6) is 1.86. The predicted molar refractivity (Wildman–Crippen MR) is 106 cm³/mol. The van der Waals surface area contributed by atoms with E-state index in [1.165, 1.54) is 11.8 Å². The van der Waals surface area contributed by atoms with E-state index in [2.05, 4.69) is 27.3 Å². The molecule has 2 heterocycles. The number of aromatic nitrogens is 4. The maximum Gasteiger partial charge on any atom is 0.197 e. The molecular formula is C20H17N5OS. The largest absolute Gasteiger partial charge is 0.494 e. The van der Waals surface area contributed by atoms with Gasteiger partial charge in [-0.2, -0.15) is 5.26 Å². The van der Waals surface area contributed by atoms with Gasteiger partial charge in [-0.05, 0) is 37.3 Å². The highest BCUT2D eigenvalue weighted by molar-refractivity contribution is 7.99. The van der Waals surface area contributed by atoms with Crippen LogP contribution in [0, 0.1) is 11.3 Å². The number of H-pyrrole nitrogens is 1. The lowest BCUT2D eigenvalue weighted by atomic mass is 10.1. The standard InChI is InChI=1S/C20H17N5OS/c1-2-26-15-9-7-14(8-10-15)25-19(23-24-20(25)27-12-11-21)17-13-22-18-6-4-3-5-16(17)18/h3-10,13,22H,2,12H2,1H3. The SMILES string of the molecule is CCOc1ccc(-n2c(SCC#N)nnc2-c2c[nH]c3ccccc23)cc1. The van der Waals surface area contributed by atoms with Gasteiger partial charge in [0, 0.05) is 22.7 Å². The molecule has 0 saturated carbocycles. The number of nitrogens with zero attached hydrogens (tertiary/aromatic N) is 4. The van der Waals surface area contributed by atoms with E-state index in [0.717, 1.165) is 33.7 Å². The topological polar surface area (TPSA) is 79.5 Å². The minimum absolute atomic E-state index is 0.309. The second-order valence-electron chi connectivity index (χ2n) is 5.76. The van der Waals surface area contributed by atoms with Crippen LogP contribution in [0.5, 0.6) is 5.75 Å². The number of benzene rings is 2. The number of aromatic amines is 1. The molecule has 27 heavy (non-hydrogen) atoms. The van der Waals surface area contributed by atoms with Gasteiger partial charge in [0.05, 0.1) is 24.1 Å². The van der Waals surface area contributed by atoms with Crippen LogP contribution in [0.3, 0.4) is 0 Å². The van der Waals surface area contributed by atoms with E-state index in [9.17, 15) is 0 Å². The van der Waals surface area contributed by atoms with E-state index in [0.29, 0.717) is 17.5 Å². The summed E-state index contributed by atoms with van der Waals surface area (Å²) < 4.78 is 7.52. The highest BCUT2D eigenvalue weighted by Gasteiger charge is 2.18. The zero-order chi connectivity index (χ0) is 18.6. The highest BCUT2D eigenvalue weighted by atomic mass is 32.2. The molecule has 0 aliphatic heterocycles. The van der Waals surface area contributed by atoms with Gasteiger partial charge in [-0.15, -0.1) is 10.2 Å². The lowest BCUT2D eigenvalue weighted by Crippen LogP contribution is -2.00. The molecule has 0 aliphatic rings. The Kier molecular flexibility index (Phi) is 4.81. The summed E-state index contributed by atoms with van der Waals surface area (Å²) >= 11 is 1.37. The van der Waals surface area contributed by atoms with Gasteiger partial charge in [0.1, 0.15) is 5.75 Å². The molecule has 7 heteroatoms. The molecule has 0 fully saturated rings. The lowest BCUT2D eigenvalue weighted by Gasteiger charge is -2.10. The fourth-order valence-corrected chi connectivity index (χ4v) is 3.60. The average Bonchev–Trinajstić information content (AvgIpc) is 3.31. The van der Waals surface area contributed by atoms with Gasteiger partial charge >= 0.3 is 0 Å². The Morgan fingerprint density at radius 1 is 1.15 bits per heavy atom. The minimum atomic E-state index is 0.309. The zero-order valence-corrected chi connectivity index (χ0v) is 15.5. The molecule has 4 rings (SSSR count). The highest BCUT2D eigenvalue weighted by Crippen LogP contribution is 2.32. The first-order chi connectivity index (χ1) is 13.3. The molecule has 2 aromatic carbocycles. The number of rotatable bonds is 6. The van der Waals surface area contributed by atoms with Crippen LogP contribution in [0.1, 0.15) is 6.92 Å². The van der Waals surface area contributed by atoms with Gasteiger partial charge in [0.25, 0.3) is 0 Å². The summed E-state index contributed by atoms with van der Waals surface area (Å²) in [6.07, 6.45) is 1.94. The van der Waals surface area contributed by atoms with Crippen molar-refractivity contribution in [3.05, 3.63) is 54.7 Å². The zero-order valence-electron chi connectivity index (χ0n) is 14.7. The number of hydrogen-bond acceptors (Lipinski definition) is 5. The van der Waals surface area contributed by atoms with Crippen LogP contribution in [0.2, 0.25) is 0 Å². The predicted octanol–water partition coefficient (Wildman–Crippen LogP) is 4.43. The van der Waals surface area contributed by atoms with Crippen molar-refractivity contribution >= 4 is 22.7 Å². The Balaban J connectivity index is 1.85. The van der Waals surface area contributed by atoms with Crippen LogP contribution in [0.25, 0.3) is 28.0 Å². The lowest BCUT2D eigenvalue weighted by molar-refractivity contribution is 0.340. The van der Waals surface area contributed by atoms with Gasteiger partial charge in [0.15, 0.2) is 11.0 Å². The van der Waals surface area contributed by atoms with Crippen LogP contribution in [0.4, 0.5) is 0 Å². The summed E-state index contributed by atoms with van der Waals surface area (Å²) in [4.78, 5) is 3.28. The van der Waals surface area contributed by atoms with E-state index in [1.807, 2.05) is 60.2 Å². The van der Waals surface area contributed by atoms with Gasteiger partial charge < -0.3 is 9.72 Å². The summed E-state index contributed by atoms with van der Waals surface area (Å²) in [5.41, 5.74) is 2.93. The first-order valence-corrected chi connectivity index (χ1v) is 9.55. The van der Waals surface area contributed by atoms with Crippen LogP contribution in [-0.2, 0) is 0 Å². The Labute approximate surface area is 160 Å². The smallest absolute Gasteiger partial charge is 0.197 e. The molecule has 4 aromatic rings. The van der Waals surface area contributed by atoms with E-state index in [4.69, 9.17) is 10.00 Å². The molecule has 0 amide bonds. The van der Waals surface area contributed by atoms with Crippen molar-refractivity contribution in [2.75, 3.05) is 12.4 Å². The molecule has 0 spiro atoms. The molecule has 134 valence electrons. The summed E-state index contributed by atoms with van der Waals surface area (Å²) in [7, 11) is 0. The van der Waals surface area contributed by atoms with Gasteiger partial charge in [-0.3, -0.25) is 4.57 Å². The fraction of sp³-hybridized carbons (Fsp3) is 0.150. The molecule has 0 atom stereocenters. The Hall–Kier alpha value is -3.24. The Morgan fingerprint density at radius 3 is 2.74 bits per heavy atom. The molecule has 0 unspecified atom stereocenters. The number of para-hydroxylation sites is 1. The second-order valence-corrected chi connectivity index (χ2v) is 6.71. The van der Waals surface area contributed by atoms with E-state index in [1.54, 1.807) is 0 Å². The Bertz CT molecular complexity index is 1110. The third-order valence-electron chi connectivity index (χ3n) is 4.14. The number of thioether (sulfide) groups is 1. The van der Waals surface area contributed by atoms with Crippen LogP contribution in [0.15, 0.2) is 59.9 Å². The van der Waals surface area contributed by atoms with Crippen molar-refractivity contribution in [3.63, 3.8) is 0 Å². The summed E-state index contributed by atoms with van der Waals surface area (Å²) in [6.45, 7) is 2.58. The Morgan fingerprint density at radius 2 is 1.96 bits per heavy atom. The average molecular weight is 375 g/mol. The number of fused-ring (bicyclic) bond motifs is 1. The van der Waals surface area contributed by atoms with Crippen molar-refractivity contribution in [2.24, 2.45) is 0 Å². The van der Waals surface area contributed by atoms with Crippen molar-refractivity contribution in [1.82, 2.24) is 19.7 Å². The summed E-state index contributed by atoms with van der Waals surface area (Å²) in [6, 6.07) is 18.0. The van der Waals surface area contributed by atoms with Crippen molar-refractivity contribution in [3.8, 4) is 28.9 Å². The van der Waals surface area contributed by atoms with Crippen molar-refractivity contribution in [1.29, 1.82) is 5.26 Å². The normalized spacial score (nSPS) is 10.8. The molecule has 0 aliphatic carbocycles. The van der Waals surface area contributed by atoms with Crippen LogP contribution in [-0.4, -0.2) is 32.1 Å². The van der Waals surface area contributed by atoms with E-state index >= 15 is 0 Å². The third kappa shape index (κ3) is 3.27. The van der Waals surface area contributed by atoms with Gasteiger partial charge in [-0.1, -0.05) is 30.0 Å². The van der Waals surface area contributed by atoms with E-state index in [-0.39, 0.29) is 0 Å². The maximum absolute atomic E-state index is 8.97. The van der Waals surface area contributed by atoms with Crippen molar-refractivity contribution in [2.45, 2.75) is 12.1 Å². The van der Waals surface area contributed by atoms with E-state index < -0.39 is 0 Å². The first kappa shape index (κ1) is 17.2. The second kappa shape index (κ2) is 7.56. The summed E-state index contributed by atoms with van der Waals surface area (Å²) in [5, 5.41) is 19.5. The van der Waals surface area contributed by atoms with Gasteiger partial charge in [-0.25, -0.2) is 0 Å². The first-order valence-electron chi connectivity index (χ1n) is 8.56. The number of nitriles is 1. The number of nitrogens with one attached hydrogen (secondary N) is 1. The third-order valence-corrected chi connectivity index (χ3v) is 4.93. The fourth-order valence-electron chi connectivity index (χ4n) is 2.98.